The van der Waals surface area contributed by atoms with Crippen molar-refractivity contribution in [3.63, 3.8) is 0 Å². The number of rotatable bonds is 7. The van der Waals surface area contributed by atoms with E-state index >= 15 is 0 Å². The average Bonchev–Trinajstić information content (AvgIpc) is 2.59. The molecule has 0 aliphatic heterocycles. The zero-order chi connectivity index (χ0) is 19.4. The number of hydrogen-bond acceptors (Lipinski definition) is 5. The number of aryl methyl sites for hydroxylation is 1. The third-order valence-electron chi connectivity index (χ3n) is 3.38. The summed E-state index contributed by atoms with van der Waals surface area (Å²) in [5, 5.41) is 2.55. The van der Waals surface area contributed by atoms with Gasteiger partial charge in [0.15, 0.2) is 0 Å². The molecule has 0 heterocycles. The fraction of sp³-hybridized carbons (Fsp3) is 0.250. The molecule has 1 N–H and O–H groups in total. The number of nitroso groups, excluding NO2 is 1. The highest BCUT2D eigenvalue weighted by Gasteiger charge is 2.42. The van der Waals surface area contributed by atoms with Gasteiger partial charge in [-0.1, -0.05) is 29.8 Å². The Morgan fingerprint density at radius 1 is 1.12 bits per heavy atom. The molecule has 5 nitrogen and oxygen atoms in total. The van der Waals surface area contributed by atoms with Gasteiger partial charge in [0.2, 0.25) is 10.0 Å². The second-order valence-electron chi connectivity index (χ2n) is 5.40. The first kappa shape index (κ1) is 20.4. The monoisotopic (exact) mass is 404 g/mol. The molecule has 0 saturated heterocycles. The predicted molar refractivity (Wildman–Crippen MR) is 94.0 cm³/mol. The minimum absolute atomic E-state index is 0.452. The Morgan fingerprint density at radius 3 is 2.31 bits per heavy atom. The van der Waals surface area contributed by atoms with Crippen molar-refractivity contribution >= 4 is 27.5 Å². The summed E-state index contributed by atoms with van der Waals surface area (Å²) in [5.74, 6) is -0.553. The molecule has 1 atom stereocenters. The standard InChI is InChI=1S/C16H15F3N2O3S2/c1-11-6-8-12(9-7-11)25-10-15(16(17,18)19)21-26(23,24)14-5-3-2-4-13(14)20-22/h2-9,15,21H,10H2,1H3. The smallest absolute Gasteiger partial charge is 0.207 e. The number of nitrogens with one attached hydrogen (secondary N) is 1. The van der Waals surface area contributed by atoms with E-state index in [0.29, 0.717) is 4.90 Å². The first-order valence-corrected chi connectivity index (χ1v) is 9.81. The van der Waals surface area contributed by atoms with Crippen LogP contribution in [-0.2, 0) is 10.0 Å². The normalized spacial score (nSPS) is 13.4. The number of nitrogens with zero attached hydrogens (tertiary/aromatic N) is 1. The van der Waals surface area contributed by atoms with Gasteiger partial charge in [-0.05, 0) is 36.4 Å². The second kappa shape index (κ2) is 8.19. The Kier molecular flexibility index (Phi) is 6.43. The van der Waals surface area contributed by atoms with E-state index in [1.54, 1.807) is 29.0 Å². The number of halogens is 3. The molecule has 0 aliphatic rings. The van der Waals surface area contributed by atoms with Crippen molar-refractivity contribution in [2.24, 2.45) is 5.18 Å². The Hall–Kier alpha value is -1.91. The maximum absolute atomic E-state index is 13.3. The predicted octanol–water partition coefficient (Wildman–Crippen LogP) is 4.39. The van der Waals surface area contributed by atoms with E-state index in [9.17, 15) is 26.5 Å². The number of alkyl halides is 3. The molecular formula is C16H15F3N2O3S2. The van der Waals surface area contributed by atoms with Gasteiger partial charge in [0.05, 0.1) is 0 Å². The quantitative estimate of drug-likeness (QED) is 0.548. The summed E-state index contributed by atoms with van der Waals surface area (Å²) >= 11 is 0.878. The van der Waals surface area contributed by atoms with Crippen LogP contribution in [0.3, 0.4) is 0 Å². The molecule has 140 valence electrons. The summed E-state index contributed by atoms with van der Waals surface area (Å²) in [6, 6.07) is 9.31. The summed E-state index contributed by atoms with van der Waals surface area (Å²) in [6.07, 6.45) is -4.80. The van der Waals surface area contributed by atoms with E-state index in [4.69, 9.17) is 0 Å². The summed E-state index contributed by atoms with van der Waals surface area (Å²) in [7, 11) is -4.57. The molecule has 0 radical (unpaired) electrons. The summed E-state index contributed by atoms with van der Waals surface area (Å²) in [4.78, 5) is 10.7. The SMILES string of the molecule is Cc1ccc(SCC(NS(=O)(=O)c2ccccc2N=O)C(F)(F)F)cc1. The number of sulfonamides is 1. The number of benzene rings is 2. The van der Waals surface area contributed by atoms with Gasteiger partial charge in [-0.15, -0.1) is 16.7 Å². The lowest BCUT2D eigenvalue weighted by atomic mass is 10.2. The van der Waals surface area contributed by atoms with E-state index in [-0.39, 0.29) is 0 Å². The molecule has 0 saturated carbocycles. The minimum Gasteiger partial charge on any atom is -0.207 e. The van der Waals surface area contributed by atoms with E-state index in [0.717, 1.165) is 29.5 Å². The summed E-state index contributed by atoms with van der Waals surface area (Å²) in [5.41, 5.74) is 0.507. The van der Waals surface area contributed by atoms with Crippen LogP contribution in [0.1, 0.15) is 5.56 Å². The van der Waals surface area contributed by atoms with Crippen LogP contribution in [0.4, 0.5) is 18.9 Å². The van der Waals surface area contributed by atoms with Crippen LogP contribution in [0.25, 0.3) is 0 Å². The zero-order valence-electron chi connectivity index (χ0n) is 13.5. The average molecular weight is 404 g/mol. The molecule has 2 aromatic rings. The third-order valence-corrected chi connectivity index (χ3v) is 6.01. The van der Waals surface area contributed by atoms with Crippen molar-refractivity contribution in [2.45, 2.75) is 28.9 Å². The lowest BCUT2D eigenvalue weighted by molar-refractivity contribution is -0.145. The van der Waals surface area contributed by atoms with Gasteiger partial charge in [0.25, 0.3) is 0 Å². The molecule has 0 aliphatic carbocycles. The molecule has 0 amide bonds. The molecular weight excluding hydrogens is 389 g/mol. The molecule has 0 fully saturated rings. The fourth-order valence-electron chi connectivity index (χ4n) is 2.02. The fourth-order valence-corrected chi connectivity index (χ4v) is 4.44. The highest BCUT2D eigenvalue weighted by molar-refractivity contribution is 7.99. The van der Waals surface area contributed by atoms with Gasteiger partial charge in [-0.2, -0.15) is 17.9 Å². The second-order valence-corrected chi connectivity index (χ2v) is 8.17. The molecule has 2 rings (SSSR count). The highest BCUT2D eigenvalue weighted by Crippen LogP contribution is 2.30. The Balaban J connectivity index is 2.22. The van der Waals surface area contributed by atoms with Crippen molar-refractivity contribution in [3.8, 4) is 0 Å². The van der Waals surface area contributed by atoms with Crippen LogP contribution in [0.5, 0.6) is 0 Å². The Morgan fingerprint density at radius 2 is 1.73 bits per heavy atom. The molecule has 0 spiro atoms. The maximum Gasteiger partial charge on any atom is 0.405 e. The molecule has 1 unspecified atom stereocenters. The van der Waals surface area contributed by atoms with E-state index in [1.807, 2.05) is 6.92 Å². The number of thioether (sulfide) groups is 1. The van der Waals surface area contributed by atoms with Crippen LogP contribution in [0, 0.1) is 11.8 Å². The van der Waals surface area contributed by atoms with Crippen molar-refractivity contribution in [1.82, 2.24) is 4.72 Å². The van der Waals surface area contributed by atoms with Gasteiger partial charge in [-0.3, -0.25) is 0 Å². The topological polar surface area (TPSA) is 75.6 Å². The van der Waals surface area contributed by atoms with Crippen LogP contribution in [0.15, 0.2) is 63.5 Å². The maximum atomic E-state index is 13.3. The highest BCUT2D eigenvalue weighted by atomic mass is 32.2. The Bertz CT molecular complexity index is 869. The van der Waals surface area contributed by atoms with Crippen molar-refractivity contribution in [1.29, 1.82) is 0 Å². The largest absolute Gasteiger partial charge is 0.405 e. The first-order valence-electron chi connectivity index (χ1n) is 7.34. The number of hydrogen-bond donors (Lipinski definition) is 1. The zero-order valence-corrected chi connectivity index (χ0v) is 15.2. The van der Waals surface area contributed by atoms with Crippen molar-refractivity contribution < 1.29 is 21.6 Å². The molecule has 0 aromatic heterocycles. The van der Waals surface area contributed by atoms with Crippen molar-refractivity contribution in [2.75, 3.05) is 5.75 Å². The van der Waals surface area contributed by atoms with Crippen LogP contribution < -0.4 is 4.72 Å². The molecule has 2 aromatic carbocycles. The van der Waals surface area contributed by atoms with Gasteiger partial charge < -0.3 is 0 Å². The van der Waals surface area contributed by atoms with E-state index < -0.39 is 38.6 Å². The van der Waals surface area contributed by atoms with Gasteiger partial charge in [0, 0.05) is 10.6 Å². The van der Waals surface area contributed by atoms with Gasteiger partial charge in [-0.25, -0.2) is 8.42 Å². The van der Waals surface area contributed by atoms with Crippen LogP contribution in [-0.4, -0.2) is 26.4 Å². The van der Waals surface area contributed by atoms with Gasteiger partial charge in [0.1, 0.15) is 16.6 Å². The molecule has 26 heavy (non-hydrogen) atoms. The van der Waals surface area contributed by atoms with E-state index in [1.165, 1.54) is 12.1 Å². The Labute approximate surface area is 153 Å². The molecule has 10 heteroatoms. The van der Waals surface area contributed by atoms with E-state index in [2.05, 4.69) is 5.18 Å². The lowest BCUT2D eigenvalue weighted by Gasteiger charge is -2.21. The van der Waals surface area contributed by atoms with Crippen LogP contribution in [0.2, 0.25) is 0 Å². The van der Waals surface area contributed by atoms with Crippen molar-refractivity contribution in [3.05, 3.63) is 59.0 Å². The summed E-state index contributed by atoms with van der Waals surface area (Å²) < 4.78 is 66.1. The first-order chi connectivity index (χ1) is 12.1. The summed E-state index contributed by atoms with van der Waals surface area (Å²) in [6.45, 7) is 1.85. The molecule has 0 bridgehead atoms. The van der Waals surface area contributed by atoms with Crippen LogP contribution >= 0.6 is 11.8 Å². The lowest BCUT2D eigenvalue weighted by Crippen LogP contribution is -2.47. The van der Waals surface area contributed by atoms with Gasteiger partial charge >= 0.3 is 6.18 Å². The third kappa shape index (κ3) is 5.29. The minimum atomic E-state index is -4.80.